The monoisotopic (exact) mass is 479 g/mol. The number of piperazine rings is 1. The molecule has 0 radical (unpaired) electrons. The van der Waals surface area contributed by atoms with Crippen molar-refractivity contribution in [2.45, 2.75) is 31.1 Å². The van der Waals surface area contributed by atoms with Gasteiger partial charge in [0.15, 0.2) is 5.75 Å². The number of rotatable bonds is 7. The molecule has 2 fully saturated rings. The largest absolute Gasteiger partial charge is 0.598 e. The van der Waals surface area contributed by atoms with Gasteiger partial charge in [0.25, 0.3) is 0 Å². The summed E-state index contributed by atoms with van der Waals surface area (Å²) < 4.78 is 22.5. The van der Waals surface area contributed by atoms with E-state index in [1.54, 1.807) is 6.20 Å². The molecule has 1 saturated heterocycles. The van der Waals surface area contributed by atoms with E-state index in [2.05, 4.69) is 10.00 Å². The number of ether oxygens (including phenoxy) is 1. The Kier molecular flexibility index (Phi) is 6.75. The third kappa shape index (κ3) is 4.91. The smallest absolute Gasteiger partial charge is 0.316 e. The quantitative estimate of drug-likeness (QED) is 0.411. The fourth-order valence-corrected chi connectivity index (χ4v) is 5.38. The first kappa shape index (κ1) is 22.8. The number of nitrogen functional groups attached to an aromatic ring is 1. The molecule has 2 N–H and O–H groups in total. The highest BCUT2D eigenvalue weighted by molar-refractivity contribution is 7.88. The molecule has 0 bridgehead atoms. The van der Waals surface area contributed by atoms with Gasteiger partial charge in [-0.15, -0.1) is 4.31 Å². The molecule has 178 valence electrons. The van der Waals surface area contributed by atoms with E-state index in [4.69, 9.17) is 10.5 Å². The first-order valence-corrected chi connectivity index (χ1v) is 12.9. The van der Waals surface area contributed by atoms with E-state index in [1.165, 1.54) is 4.68 Å². The summed E-state index contributed by atoms with van der Waals surface area (Å²) in [5.41, 5.74) is 8.63. The van der Waals surface area contributed by atoms with Crippen LogP contribution in [0.25, 0.3) is 5.69 Å². The molecule has 1 saturated carbocycles. The first-order chi connectivity index (χ1) is 16.6. The number of anilines is 2. The van der Waals surface area contributed by atoms with Crippen LogP contribution in [0.15, 0.2) is 65.6 Å². The Balaban J connectivity index is 1.32. The standard InChI is InChI=1S/C25H29N5O3S/c26-20-11-9-19(10-12-20)18-34(32)29-15-13-28(14-16-29)23-17-27-30(21-5-2-1-3-6-21)25(31)24(23)33-22-7-4-8-22/h1-3,5-6,9-12,17,22H,4,7-8,13-16,18,26H2/t34-/m1/s1. The lowest BCUT2D eigenvalue weighted by Crippen LogP contribution is -2.49. The van der Waals surface area contributed by atoms with Gasteiger partial charge in [0.05, 0.1) is 31.1 Å². The van der Waals surface area contributed by atoms with Gasteiger partial charge in [0, 0.05) is 35.7 Å². The summed E-state index contributed by atoms with van der Waals surface area (Å²) >= 11 is -1.12. The Morgan fingerprint density at radius 1 is 1.03 bits per heavy atom. The maximum atomic E-state index is 13.4. The van der Waals surface area contributed by atoms with E-state index >= 15 is 0 Å². The molecule has 0 spiro atoms. The minimum atomic E-state index is -1.12. The molecular formula is C25H29N5O3S. The van der Waals surface area contributed by atoms with Crippen LogP contribution in [-0.4, -0.2) is 50.9 Å². The topological polar surface area (TPSA) is 99.7 Å². The maximum absolute atomic E-state index is 13.4. The van der Waals surface area contributed by atoms with Crippen molar-refractivity contribution in [3.05, 3.63) is 76.7 Å². The Morgan fingerprint density at radius 2 is 1.74 bits per heavy atom. The molecule has 5 rings (SSSR count). The molecule has 0 amide bonds. The number of benzene rings is 2. The van der Waals surface area contributed by atoms with Gasteiger partial charge in [0.2, 0.25) is 5.75 Å². The lowest BCUT2D eigenvalue weighted by molar-refractivity contribution is 0.118. The molecule has 1 aliphatic heterocycles. The molecule has 9 heteroatoms. The van der Waals surface area contributed by atoms with Crippen molar-refractivity contribution in [1.82, 2.24) is 14.1 Å². The Morgan fingerprint density at radius 3 is 2.38 bits per heavy atom. The van der Waals surface area contributed by atoms with Gasteiger partial charge in [-0.05, 0) is 43.5 Å². The second-order valence-electron chi connectivity index (χ2n) is 8.71. The summed E-state index contributed by atoms with van der Waals surface area (Å²) in [6, 6.07) is 16.9. The summed E-state index contributed by atoms with van der Waals surface area (Å²) in [5, 5.41) is 4.45. The third-order valence-corrected chi connectivity index (χ3v) is 7.91. The number of hydrogen-bond acceptors (Lipinski definition) is 7. The third-order valence-electron chi connectivity index (χ3n) is 6.39. The SMILES string of the molecule is Nc1ccc(C[S@@+]([O-])N2CCN(c3cnn(-c4ccccc4)c(=O)c3OC3CCC3)CC2)cc1. The summed E-state index contributed by atoms with van der Waals surface area (Å²) in [7, 11) is 0. The average molecular weight is 480 g/mol. The molecule has 2 aromatic carbocycles. The molecule has 8 nitrogen and oxygen atoms in total. The van der Waals surface area contributed by atoms with Crippen molar-refractivity contribution >= 4 is 22.7 Å². The van der Waals surface area contributed by atoms with Crippen LogP contribution in [0.5, 0.6) is 5.75 Å². The van der Waals surface area contributed by atoms with Crippen molar-refractivity contribution in [2.75, 3.05) is 36.8 Å². The predicted octanol–water partition coefficient (Wildman–Crippen LogP) is 2.73. The summed E-state index contributed by atoms with van der Waals surface area (Å²) in [6.45, 7) is 2.55. The molecule has 2 heterocycles. The van der Waals surface area contributed by atoms with Gasteiger partial charge in [-0.2, -0.15) is 9.78 Å². The molecule has 0 unspecified atom stereocenters. The lowest BCUT2D eigenvalue weighted by atomic mass is 9.96. The number of nitrogens with two attached hydrogens (primary N) is 1. The molecule has 2 aliphatic rings. The number of nitrogens with zero attached hydrogens (tertiary/aromatic N) is 4. The summed E-state index contributed by atoms with van der Waals surface area (Å²) in [4.78, 5) is 15.5. The maximum Gasteiger partial charge on any atom is 0.316 e. The van der Waals surface area contributed by atoms with E-state index in [0.717, 1.165) is 24.8 Å². The van der Waals surface area contributed by atoms with Crippen LogP contribution in [0.3, 0.4) is 0 Å². The van der Waals surface area contributed by atoms with Gasteiger partial charge >= 0.3 is 5.56 Å². The fourth-order valence-electron chi connectivity index (χ4n) is 4.15. The molecular weight excluding hydrogens is 450 g/mol. The summed E-state index contributed by atoms with van der Waals surface area (Å²) in [5.74, 6) is 0.824. The van der Waals surface area contributed by atoms with E-state index in [1.807, 2.05) is 58.9 Å². The van der Waals surface area contributed by atoms with Crippen LogP contribution >= 0.6 is 0 Å². The van der Waals surface area contributed by atoms with Crippen LogP contribution in [0.2, 0.25) is 0 Å². The molecule has 1 aliphatic carbocycles. The van der Waals surface area contributed by atoms with Gasteiger partial charge < -0.3 is 19.9 Å². The summed E-state index contributed by atoms with van der Waals surface area (Å²) in [6.07, 6.45) is 4.85. The van der Waals surface area contributed by atoms with Crippen LogP contribution in [-0.2, 0) is 17.1 Å². The van der Waals surface area contributed by atoms with Crippen molar-refractivity contribution in [1.29, 1.82) is 0 Å². The molecule has 3 aromatic rings. The predicted molar refractivity (Wildman–Crippen MR) is 135 cm³/mol. The second kappa shape index (κ2) is 10.1. The first-order valence-electron chi connectivity index (χ1n) is 11.7. The van der Waals surface area contributed by atoms with Crippen molar-refractivity contribution in [2.24, 2.45) is 0 Å². The molecule has 1 atom stereocenters. The lowest BCUT2D eigenvalue weighted by Gasteiger charge is -2.36. The highest BCUT2D eigenvalue weighted by atomic mass is 32.2. The highest BCUT2D eigenvalue weighted by Gasteiger charge is 2.30. The minimum Gasteiger partial charge on any atom is -0.598 e. The van der Waals surface area contributed by atoms with E-state index in [9.17, 15) is 9.35 Å². The minimum absolute atomic E-state index is 0.0757. The zero-order valence-electron chi connectivity index (χ0n) is 19.0. The van der Waals surface area contributed by atoms with Crippen LogP contribution in [0, 0.1) is 0 Å². The highest BCUT2D eigenvalue weighted by Crippen LogP contribution is 2.31. The molecule has 34 heavy (non-hydrogen) atoms. The van der Waals surface area contributed by atoms with Crippen LogP contribution in [0.4, 0.5) is 11.4 Å². The number of para-hydroxylation sites is 1. The number of aromatic nitrogens is 2. The van der Waals surface area contributed by atoms with Crippen molar-refractivity contribution < 1.29 is 9.29 Å². The Labute approximate surface area is 202 Å². The van der Waals surface area contributed by atoms with Crippen LogP contribution < -0.4 is 20.9 Å². The Bertz CT molecular complexity index is 1160. The normalized spacial score (nSPS) is 17.9. The van der Waals surface area contributed by atoms with Gasteiger partial charge in [-0.25, -0.2) is 0 Å². The van der Waals surface area contributed by atoms with Crippen molar-refractivity contribution in [3.8, 4) is 11.4 Å². The van der Waals surface area contributed by atoms with E-state index in [-0.39, 0.29) is 11.7 Å². The van der Waals surface area contributed by atoms with Crippen LogP contribution in [0.1, 0.15) is 24.8 Å². The zero-order chi connectivity index (χ0) is 23.5. The zero-order valence-corrected chi connectivity index (χ0v) is 19.8. The Hall–Kier alpha value is -3.01. The fraction of sp³-hybridized carbons (Fsp3) is 0.360. The second-order valence-corrected chi connectivity index (χ2v) is 10.2. The van der Waals surface area contributed by atoms with Crippen molar-refractivity contribution in [3.63, 3.8) is 0 Å². The van der Waals surface area contributed by atoms with Gasteiger partial charge in [-0.1, -0.05) is 30.3 Å². The van der Waals surface area contributed by atoms with Gasteiger partial charge in [-0.3, -0.25) is 4.79 Å². The average Bonchev–Trinajstić information content (AvgIpc) is 2.84. The number of hydrogen-bond donors (Lipinski definition) is 1. The van der Waals surface area contributed by atoms with E-state index < -0.39 is 11.4 Å². The molecule has 1 aromatic heterocycles. The van der Waals surface area contributed by atoms with Gasteiger partial charge in [0.1, 0.15) is 5.69 Å². The van der Waals surface area contributed by atoms with E-state index in [0.29, 0.717) is 54.7 Å².